The third kappa shape index (κ3) is 4.27. The molecule has 0 bridgehead atoms. The summed E-state index contributed by atoms with van der Waals surface area (Å²) in [6.07, 6.45) is 0. The Labute approximate surface area is 145 Å². The van der Waals surface area contributed by atoms with Crippen molar-refractivity contribution < 1.29 is 17.9 Å². The highest BCUT2D eigenvalue weighted by molar-refractivity contribution is 7.89. The molecule has 0 amide bonds. The fourth-order valence-corrected chi connectivity index (χ4v) is 4.77. The number of piperazine rings is 1. The summed E-state index contributed by atoms with van der Waals surface area (Å²) < 4.78 is 37.9. The Morgan fingerprint density at radius 3 is 2.21 bits per heavy atom. The lowest BCUT2D eigenvalue weighted by molar-refractivity contribution is 0.0496. The van der Waals surface area contributed by atoms with Gasteiger partial charge < -0.3 is 9.47 Å². The van der Waals surface area contributed by atoms with E-state index in [0.717, 1.165) is 6.54 Å². The van der Waals surface area contributed by atoms with Gasteiger partial charge in [-0.3, -0.25) is 4.90 Å². The smallest absolute Gasteiger partial charge is 0.243 e. The minimum Gasteiger partial charge on any atom is -0.494 e. The highest BCUT2D eigenvalue weighted by Crippen LogP contribution is 2.24. The van der Waals surface area contributed by atoms with E-state index < -0.39 is 10.0 Å². The number of nitrogens with zero attached hydrogens (tertiary/aromatic N) is 2. The van der Waals surface area contributed by atoms with Gasteiger partial charge in [-0.1, -0.05) is 0 Å². The molecule has 1 saturated heterocycles. The number of rotatable bonds is 7. The minimum atomic E-state index is -3.48. The van der Waals surface area contributed by atoms with Gasteiger partial charge in [0.05, 0.1) is 18.1 Å². The van der Waals surface area contributed by atoms with Gasteiger partial charge in [-0.2, -0.15) is 4.31 Å². The zero-order valence-electron chi connectivity index (χ0n) is 14.9. The monoisotopic (exact) mass is 356 g/mol. The SMILES string of the molecule is CCOc1ccc(S(=O)(=O)N2CC(C)N(CCOC)C(C)C2)cc1. The molecule has 6 nitrogen and oxygen atoms in total. The summed E-state index contributed by atoms with van der Waals surface area (Å²) in [6, 6.07) is 6.96. The summed E-state index contributed by atoms with van der Waals surface area (Å²) in [5, 5.41) is 0. The minimum absolute atomic E-state index is 0.154. The molecule has 1 fully saturated rings. The van der Waals surface area contributed by atoms with Crippen LogP contribution in [0.3, 0.4) is 0 Å². The van der Waals surface area contributed by atoms with Crippen molar-refractivity contribution in [1.82, 2.24) is 9.21 Å². The fourth-order valence-electron chi connectivity index (χ4n) is 3.17. The Hall–Kier alpha value is -1.15. The molecule has 1 aliphatic rings. The molecule has 0 radical (unpaired) electrons. The maximum atomic E-state index is 12.9. The standard InChI is InChI=1S/C17H28N2O4S/c1-5-23-16-6-8-17(9-7-16)24(20,21)18-12-14(2)19(10-11-22-4)15(3)13-18/h6-9,14-15H,5,10-13H2,1-4H3. The van der Waals surface area contributed by atoms with Crippen molar-refractivity contribution in [2.45, 2.75) is 37.8 Å². The lowest BCUT2D eigenvalue weighted by Gasteiger charge is -2.43. The molecule has 0 saturated carbocycles. The fraction of sp³-hybridized carbons (Fsp3) is 0.647. The summed E-state index contributed by atoms with van der Waals surface area (Å²) >= 11 is 0. The van der Waals surface area contributed by atoms with Crippen molar-refractivity contribution in [3.05, 3.63) is 24.3 Å². The molecule has 1 aromatic carbocycles. The normalized spacial score (nSPS) is 23.3. The zero-order chi connectivity index (χ0) is 17.7. The second-order valence-electron chi connectivity index (χ2n) is 6.16. The molecule has 0 aromatic heterocycles. The largest absolute Gasteiger partial charge is 0.494 e. The van der Waals surface area contributed by atoms with Crippen LogP contribution in [0, 0.1) is 0 Å². The molecular formula is C17H28N2O4S. The number of methoxy groups -OCH3 is 1. The van der Waals surface area contributed by atoms with Crippen LogP contribution in [0.15, 0.2) is 29.2 Å². The van der Waals surface area contributed by atoms with Gasteiger partial charge in [0.1, 0.15) is 5.75 Å². The van der Waals surface area contributed by atoms with E-state index in [1.165, 1.54) is 0 Å². The van der Waals surface area contributed by atoms with Crippen LogP contribution in [0.5, 0.6) is 5.75 Å². The first-order chi connectivity index (χ1) is 11.4. The van der Waals surface area contributed by atoms with Gasteiger partial charge in [-0.25, -0.2) is 8.42 Å². The van der Waals surface area contributed by atoms with Crippen LogP contribution in [0.4, 0.5) is 0 Å². The van der Waals surface area contributed by atoms with Crippen molar-refractivity contribution in [2.75, 3.05) is 40.0 Å². The van der Waals surface area contributed by atoms with Crippen molar-refractivity contribution in [1.29, 1.82) is 0 Å². The van der Waals surface area contributed by atoms with Crippen LogP contribution < -0.4 is 4.74 Å². The summed E-state index contributed by atoms with van der Waals surface area (Å²) in [7, 11) is -1.80. The van der Waals surface area contributed by atoms with Crippen molar-refractivity contribution in [3.8, 4) is 5.75 Å². The Morgan fingerprint density at radius 1 is 1.12 bits per heavy atom. The van der Waals surface area contributed by atoms with Crippen LogP contribution in [-0.2, 0) is 14.8 Å². The molecule has 2 rings (SSSR count). The second-order valence-corrected chi connectivity index (χ2v) is 8.09. The number of hydrogen-bond donors (Lipinski definition) is 0. The van der Waals surface area contributed by atoms with Crippen LogP contribution in [-0.4, -0.2) is 69.7 Å². The molecule has 0 spiro atoms. The molecule has 2 unspecified atom stereocenters. The Bertz CT molecular complexity index is 606. The third-order valence-corrected chi connectivity index (χ3v) is 6.24. The molecular weight excluding hydrogens is 328 g/mol. The van der Waals surface area contributed by atoms with Gasteiger partial charge in [-0.05, 0) is 45.0 Å². The number of sulfonamides is 1. The van der Waals surface area contributed by atoms with Gasteiger partial charge in [0, 0.05) is 38.8 Å². The second kappa shape index (κ2) is 8.29. The molecule has 1 aromatic rings. The third-order valence-electron chi connectivity index (χ3n) is 4.39. The molecule has 1 aliphatic heterocycles. The molecule has 7 heteroatoms. The highest BCUT2D eigenvalue weighted by atomic mass is 32.2. The Kier molecular flexibility index (Phi) is 6.62. The van der Waals surface area contributed by atoms with E-state index in [4.69, 9.17) is 9.47 Å². The van der Waals surface area contributed by atoms with Crippen LogP contribution in [0.2, 0.25) is 0 Å². The predicted octanol–water partition coefficient (Wildman–Crippen LogP) is 1.81. The molecule has 0 aliphatic carbocycles. The topological polar surface area (TPSA) is 59.1 Å². The first kappa shape index (κ1) is 19.2. The predicted molar refractivity (Wildman–Crippen MR) is 93.9 cm³/mol. The van der Waals surface area contributed by atoms with E-state index in [-0.39, 0.29) is 12.1 Å². The van der Waals surface area contributed by atoms with E-state index >= 15 is 0 Å². The van der Waals surface area contributed by atoms with E-state index in [1.807, 2.05) is 6.92 Å². The summed E-state index contributed by atoms with van der Waals surface area (Å²) in [6.45, 7) is 9.03. The summed E-state index contributed by atoms with van der Waals surface area (Å²) in [5.41, 5.74) is 0. The number of ether oxygens (including phenoxy) is 2. The quantitative estimate of drug-likeness (QED) is 0.746. The van der Waals surface area contributed by atoms with E-state index in [0.29, 0.717) is 36.9 Å². The van der Waals surface area contributed by atoms with Crippen molar-refractivity contribution >= 4 is 10.0 Å². The van der Waals surface area contributed by atoms with Crippen LogP contribution in [0.1, 0.15) is 20.8 Å². The lowest BCUT2D eigenvalue weighted by atomic mass is 10.1. The van der Waals surface area contributed by atoms with Crippen LogP contribution in [0.25, 0.3) is 0 Å². The Balaban J connectivity index is 2.12. The maximum Gasteiger partial charge on any atom is 0.243 e. The van der Waals surface area contributed by atoms with E-state index in [9.17, 15) is 8.42 Å². The average molecular weight is 356 g/mol. The number of benzene rings is 1. The maximum absolute atomic E-state index is 12.9. The molecule has 136 valence electrons. The van der Waals surface area contributed by atoms with Crippen molar-refractivity contribution in [3.63, 3.8) is 0 Å². The Morgan fingerprint density at radius 2 is 1.71 bits per heavy atom. The van der Waals surface area contributed by atoms with Crippen molar-refractivity contribution in [2.24, 2.45) is 0 Å². The van der Waals surface area contributed by atoms with Gasteiger partial charge in [0.25, 0.3) is 0 Å². The van der Waals surface area contributed by atoms with E-state index in [1.54, 1.807) is 35.7 Å². The number of hydrogen-bond acceptors (Lipinski definition) is 5. The molecule has 24 heavy (non-hydrogen) atoms. The van der Waals surface area contributed by atoms with E-state index in [2.05, 4.69) is 18.7 Å². The lowest BCUT2D eigenvalue weighted by Crippen LogP contribution is -2.58. The first-order valence-electron chi connectivity index (χ1n) is 8.37. The van der Waals surface area contributed by atoms with Gasteiger partial charge in [-0.15, -0.1) is 0 Å². The molecule has 0 N–H and O–H groups in total. The van der Waals surface area contributed by atoms with Gasteiger partial charge in [0.15, 0.2) is 0 Å². The highest BCUT2D eigenvalue weighted by Gasteiger charge is 2.35. The van der Waals surface area contributed by atoms with Gasteiger partial charge >= 0.3 is 0 Å². The molecule has 2 atom stereocenters. The van der Waals surface area contributed by atoms with Crippen LogP contribution >= 0.6 is 0 Å². The summed E-state index contributed by atoms with van der Waals surface area (Å²) in [4.78, 5) is 2.61. The van der Waals surface area contributed by atoms with Gasteiger partial charge in [0.2, 0.25) is 10.0 Å². The average Bonchev–Trinajstić information content (AvgIpc) is 2.55. The molecule has 1 heterocycles. The first-order valence-corrected chi connectivity index (χ1v) is 9.81. The zero-order valence-corrected chi connectivity index (χ0v) is 15.8. The summed E-state index contributed by atoms with van der Waals surface area (Å²) in [5.74, 6) is 0.683.